The molecule has 2 aliphatic rings. The van der Waals surface area contributed by atoms with E-state index in [0.717, 1.165) is 11.1 Å². The Morgan fingerprint density at radius 3 is 2.79 bits per heavy atom. The van der Waals surface area contributed by atoms with Gasteiger partial charge in [0, 0.05) is 30.6 Å². The summed E-state index contributed by atoms with van der Waals surface area (Å²) in [7, 11) is 0. The number of pyridine rings is 1. The molecule has 0 unspecified atom stereocenters. The summed E-state index contributed by atoms with van der Waals surface area (Å²) in [5.41, 5.74) is 1.17. The summed E-state index contributed by atoms with van der Waals surface area (Å²) in [5.74, 6) is -1.57. The number of carbonyl (C=O) groups excluding carboxylic acids is 3. The first kappa shape index (κ1) is 20.8. The number of ketones is 1. The Kier molecular flexibility index (Phi) is 6.15. The minimum absolute atomic E-state index is 0.385. The van der Waals surface area contributed by atoms with Gasteiger partial charge in [-0.1, -0.05) is 32.9 Å². The van der Waals surface area contributed by atoms with Crippen LogP contribution in [0.2, 0.25) is 0 Å². The number of nitrogens with zero attached hydrogens (tertiary/aromatic N) is 3. The zero-order valence-electron chi connectivity index (χ0n) is 17.1. The molecule has 0 spiro atoms. The van der Waals surface area contributed by atoms with Gasteiger partial charge in [-0.05, 0) is 42.5 Å². The third kappa shape index (κ3) is 4.55. The number of carbonyl (C=O) groups is 3. The fourth-order valence-electron chi connectivity index (χ4n) is 3.34. The lowest BCUT2D eigenvalue weighted by Crippen LogP contribution is -2.48. The first-order valence-corrected chi connectivity index (χ1v) is 9.95. The molecule has 154 valence electrons. The monoisotopic (exact) mass is 397 g/mol. The van der Waals surface area contributed by atoms with E-state index < -0.39 is 29.1 Å². The van der Waals surface area contributed by atoms with Gasteiger partial charge in [-0.15, -0.1) is 0 Å². The van der Waals surface area contributed by atoms with E-state index >= 15 is 0 Å². The Morgan fingerprint density at radius 2 is 2.10 bits per heavy atom. The number of Topliss-reactive ketones (excluding diaryl/α,β-unsaturated/α-hetero) is 1. The second kappa shape index (κ2) is 8.59. The van der Waals surface area contributed by atoms with Crippen molar-refractivity contribution in [3.05, 3.63) is 48.4 Å². The molecule has 3 rings (SSSR count). The summed E-state index contributed by atoms with van der Waals surface area (Å²) in [6.07, 6.45) is 10.6. The lowest BCUT2D eigenvalue weighted by molar-refractivity contribution is -0.183. The normalized spacial score (nSPS) is 19.1. The highest BCUT2D eigenvalue weighted by molar-refractivity contribution is 6.38. The number of aromatic nitrogens is 1. The van der Waals surface area contributed by atoms with Gasteiger partial charge in [-0.3, -0.25) is 14.6 Å². The summed E-state index contributed by atoms with van der Waals surface area (Å²) in [6, 6.07) is 3.05. The number of hydrogen-bond acceptors (Lipinski definition) is 6. The van der Waals surface area contributed by atoms with Crippen molar-refractivity contribution in [2.75, 3.05) is 13.1 Å². The maximum absolute atomic E-state index is 12.8. The first-order valence-electron chi connectivity index (χ1n) is 9.95. The molecule has 1 fully saturated rings. The van der Waals surface area contributed by atoms with Crippen LogP contribution < -0.4 is 0 Å². The van der Waals surface area contributed by atoms with Crippen LogP contribution in [-0.4, -0.2) is 51.7 Å². The van der Waals surface area contributed by atoms with Crippen LogP contribution in [0.5, 0.6) is 0 Å². The SMILES string of the molecule is CCC(C)(C)C(=O)C(=O)N1CCC[C@H]1C(=O)ON1C=CC=C(c2cccnc2)C1. The average Bonchev–Trinajstić information content (AvgIpc) is 3.23. The van der Waals surface area contributed by atoms with Gasteiger partial charge in [0.15, 0.2) is 0 Å². The van der Waals surface area contributed by atoms with E-state index in [2.05, 4.69) is 4.98 Å². The summed E-state index contributed by atoms with van der Waals surface area (Å²) < 4.78 is 0. The molecule has 0 bridgehead atoms. The van der Waals surface area contributed by atoms with Crippen molar-refractivity contribution in [2.24, 2.45) is 5.41 Å². The number of amides is 1. The maximum atomic E-state index is 12.8. The van der Waals surface area contributed by atoms with Crippen molar-refractivity contribution in [2.45, 2.75) is 46.1 Å². The number of likely N-dealkylation sites (tertiary alicyclic amines) is 1. The maximum Gasteiger partial charge on any atom is 0.354 e. The fourth-order valence-corrected chi connectivity index (χ4v) is 3.34. The van der Waals surface area contributed by atoms with E-state index in [-0.39, 0.29) is 0 Å². The Morgan fingerprint density at radius 1 is 1.31 bits per heavy atom. The fraction of sp³-hybridized carbons (Fsp3) is 0.455. The lowest BCUT2D eigenvalue weighted by Gasteiger charge is -2.29. The molecule has 0 aliphatic carbocycles. The highest BCUT2D eigenvalue weighted by Gasteiger charge is 2.42. The van der Waals surface area contributed by atoms with Gasteiger partial charge in [-0.2, -0.15) is 0 Å². The summed E-state index contributed by atoms with van der Waals surface area (Å²) in [4.78, 5) is 49.1. The summed E-state index contributed by atoms with van der Waals surface area (Å²) in [5, 5.41) is 1.45. The highest BCUT2D eigenvalue weighted by Crippen LogP contribution is 2.26. The molecule has 29 heavy (non-hydrogen) atoms. The molecule has 1 atom stereocenters. The van der Waals surface area contributed by atoms with Gasteiger partial charge < -0.3 is 9.74 Å². The zero-order chi connectivity index (χ0) is 21.0. The van der Waals surface area contributed by atoms with Crippen LogP contribution in [0.1, 0.15) is 45.6 Å². The quantitative estimate of drug-likeness (QED) is 0.687. The lowest BCUT2D eigenvalue weighted by atomic mass is 9.84. The van der Waals surface area contributed by atoms with Crippen molar-refractivity contribution >= 4 is 23.2 Å². The molecule has 1 amide bonds. The Balaban J connectivity index is 1.64. The van der Waals surface area contributed by atoms with Gasteiger partial charge in [0.2, 0.25) is 5.78 Å². The minimum Gasteiger partial charge on any atom is -0.339 e. The van der Waals surface area contributed by atoms with E-state index in [1.165, 1.54) is 9.96 Å². The van der Waals surface area contributed by atoms with Crippen molar-refractivity contribution in [3.8, 4) is 0 Å². The van der Waals surface area contributed by atoms with Crippen LogP contribution >= 0.6 is 0 Å². The van der Waals surface area contributed by atoms with Gasteiger partial charge in [0.1, 0.15) is 6.04 Å². The number of hydroxylamine groups is 2. The van der Waals surface area contributed by atoms with Crippen LogP contribution in [0.15, 0.2) is 42.9 Å². The molecule has 0 N–H and O–H groups in total. The molecule has 2 aliphatic heterocycles. The predicted octanol–water partition coefficient (Wildman–Crippen LogP) is 2.75. The first-order chi connectivity index (χ1) is 13.8. The van der Waals surface area contributed by atoms with Crippen LogP contribution in [0, 0.1) is 5.41 Å². The Bertz CT molecular complexity index is 845. The van der Waals surface area contributed by atoms with E-state index in [1.54, 1.807) is 38.5 Å². The minimum atomic E-state index is -0.743. The standard InChI is InChI=1S/C22H27N3O4/c1-4-22(2,3)19(26)20(27)25-13-7-10-18(25)21(28)29-24-12-6-9-17(15-24)16-8-5-11-23-14-16/h5-6,8-9,11-12,14,18H,4,7,10,13,15H2,1-3H3/t18-/m0/s1. The molecule has 1 saturated heterocycles. The molecule has 0 saturated carbocycles. The molecule has 0 radical (unpaired) electrons. The molecular formula is C22H27N3O4. The van der Waals surface area contributed by atoms with E-state index in [9.17, 15) is 14.4 Å². The smallest absolute Gasteiger partial charge is 0.339 e. The molecule has 7 nitrogen and oxygen atoms in total. The Hall–Kier alpha value is -2.96. The van der Waals surface area contributed by atoms with E-state index in [4.69, 9.17) is 4.84 Å². The second-order valence-electron chi connectivity index (χ2n) is 7.98. The number of hydrogen-bond donors (Lipinski definition) is 0. The second-order valence-corrected chi connectivity index (χ2v) is 7.98. The molecule has 1 aromatic heterocycles. The number of rotatable bonds is 6. The van der Waals surface area contributed by atoms with Crippen LogP contribution in [0.3, 0.4) is 0 Å². The Labute approximate surface area is 171 Å². The third-order valence-electron chi connectivity index (χ3n) is 5.59. The number of allylic oxidation sites excluding steroid dienone is 2. The average molecular weight is 397 g/mol. The van der Waals surface area contributed by atoms with Gasteiger partial charge >= 0.3 is 5.97 Å². The van der Waals surface area contributed by atoms with Gasteiger partial charge in [0.25, 0.3) is 5.91 Å². The summed E-state index contributed by atoms with van der Waals surface area (Å²) in [6.45, 7) is 6.15. The van der Waals surface area contributed by atoms with Crippen LogP contribution in [0.25, 0.3) is 5.57 Å². The van der Waals surface area contributed by atoms with Gasteiger partial charge in [0.05, 0.1) is 6.54 Å². The van der Waals surface area contributed by atoms with Crippen LogP contribution in [-0.2, 0) is 19.2 Å². The van der Waals surface area contributed by atoms with Crippen molar-refractivity contribution in [3.63, 3.8) is 0 Å². The van der Waals surface area contributed by atoms with E-state index in [0.29, 0.717) is 32.4 Å². The van der Waals surface area contributed by atoms with Crippen molar-refractivity contribution in [1.82, 2.24) is 14.9 Å². The molecule has 7 heteroatoms. The topological polar surface area (TPSA) is 79.8 Å². The van der Waals surface area contributed by atoms with Crippen molar-refractivity contribution in [1.29, 1.82) is 0 Å². The predicted molar refractivity (Wildman–Crippen MR) is 108 cm³/mol. The molecule has 3 heterocycles. The molecular weight excluding hydrogens is 370 g/mol. The zero-order valence-corrected chi connectivity index (χ0v) is 17.1. The van der Waals surface area contributed by atoms with Crippen molar-refractivity contribution < 1.29 is 19.2 Å². The highest BCUT2D eigenvalue weighted by atomic mass is 16.7. The van der Waals surface area contributed by atoms with E-state index in [1.807, 2.05) is 25.1 Å². The van der Waals surface area contributed by atoms with Crippen LogP contribution in [0.4, 0.5) is 0 Å². The largest absolute Gasteiger partial charge is 0.354 e. The summed E-state index contributed by atoms with van der Waals surface area (Å²) >= 11 is 0. The third-order valence-corrected chi connectivity index (χ3v) is 5.59. The van der Waals surface area contributed by atoms with Gasteiger partial charge in [-0.25, -0.2) is 9.86 Å². The molecule has 0 aromatic carbocycles. The molecule has 1 aromatic rings.